The van der Waals surface area contributed by atoms with Crippen molar-refractivity contribution in [2.24, 2.45) is 0 Å². The first-order valence-electron chi connectivity index (χ1n) is 7.33. The standard InChI is InChI=1S/C16H20ClNO5/c1-21-13-7-8-18(14(9-13)16(20)22-2)15(19)10-23-12-5-3-11(17)4-6-12/h3-6,13-14H,7-10H2,1-2H3. The van der Waals surface area contributed by atoms with E-state index >= 15 is 0 Å². The van der Waals surface area contributed by atoms with Crippen LogP contribution in [0.3, 0.4) is 0 Å². The second-order valence-electron chi connectivity index (χ2n) is 5.25. The van der Waals surface area contributed by atoms with E-state index in [1.165, 1.54) is 12.0 Å². The van der Waals surface area contributed by atoms with Crippen LogP contribution >= 0.6 is 11.6 Å². The second kappa shape index (κ2) is 8.17. The fourth-order valence-electron chi connectivity index (χ4n) is 2.56. The topological polar surface area (TPSA) is 65.1 Å². The minimum Gasteiger partial charge on any atom is -0.484 e. The number of esters is 1. The molecule has 0 aliphatic carbocycles. The van der Waals surface area contributed by atoms with Gasteiger partial charge in [-0.3, -0.25) is 4.79 Å². The number of methoxy groups -OCH3 is 2. The Labute approximate surface area is 140 Å². The Morgan fingerprint density at radius 3 is 2.57 bits per heavy atom. The van der Waals surface area contributed by atoms with Crippen molar-refractivity contribution in [2.75, 3.05) is 27.4 Å². The largest absolute Gasteiger partial charge is 0.484 e. The quantitative estimate of drug-likeness (QED) is 0.765. The van der Waals surface area contributed by atoms with E-state index in [4.69, 9.17) is 25.8 Å². The van der Waals surface area contributed by atoms with E-state index in [-0.39, 0.29) is 18.6 Å². The summed E-state index contributed by atoms with van der Waals surface area (Å²) in [4.78, 5) is 25.8. The minimum absolute atomic E-state index is 0.0552. The highest BCUT2D eigenvalue weighted by Crippen LogP contribution is 2.21. The van der Waals surface area contributed by atoms with Crippen molar-refractivity contribution in [3.8, 4) is 5.75 Å². The highest BCUT2D eigenvalue weighted by atomic mass is 35.5. The zero-order chi connectivity index (χ0) is 16.8. The average Bonchev–Trinajstić information content (AvgIpc) is 2.59. The Hall–Kier alpha value is -1.79. The Bertz CT molecular complexity index is 548. The molecule has 0 radical (unpaired) electrons. The van der Waals surface area contributed by atoms with Crippen molar-refractivity contribution in [2.45, 2.75) is 25.0 Å². The number of likely N-dealkylation sites (tertiary alicyclic amines) is 1. The first kappa shape index (κ1) is 17.6. The van der Waals surface area contributed by atoms with Gasteiger partial charge in [-0.1, -0.05) is 11.6 Å². The molecule has 2 unspecified atom stereocenters. The van der Waals surface area contributed by atoms with Gasteiger partial charge in [-0.05, 0) is 30.7 Å². The first-order chi connectivity index (χ1) is 11.0. The lowest BCUT2D eigenvalue weighted by molar-refractivity contribution is -0.158. The highest BCUT2D eigenvalue weighted by Gasteiger charge is 2.37. The van der Waals surface area contributed by atoms with Crippen LogP contribution < -0.4 is 4.74 Å². The first-order valence-corrected chi connectivity index (χ1v) is 7.71. The lowest BCUT2D eigenvalue weighted by Crippen LogP contribution is -2.53. The number of halogens is 1. The fourth-order valence-corrected chi connectivity index (χ4v) is 2.69. The van der Waals surface area contributed by atoms with Crippen molar-refractivity contribution in [3.05, 3.63) is 29.3 Å². The number of ether oxygens (including phenoxy) is 3. The van der Waals surface area contributed by atoms with Crippen molar-refractivity contribution < 1.29 is 23.8 Å². The normalized spacial score (nSPS) is 20.9. The van der Waals surface area contributed by atoms with Gasteiger partial charge in [0.15, 0.2) is 6.61 Å². The van der Waals surface area contributed by atoms with Crippen LogP contribution in [0.5, 0.6) is 5.75 Å². The minimum atomic E-state index is -0.639. The molecule has 0 aromatic heterocycles. The van der Waals surface area contributed by atoms with Crippen LogP contribution in [0, 0.1) is 0 Å². The van der Waals surface area contributed by atoms with Gasteiger partial charge in [0.05, 0.1) is 13.2 Å². The molecule has 7 heteroatoms. The molecule has 0 bridgehead atoms. The van der Waals surface area contributed by atoms with E-state index in [9.17, 15) is 9.59 Å². The summed E-state index contributed by atoms with van der Waals surface area (Å²) in [5, 5.41) is 0.594. The molecule has 1 aromatic rings. The van der Waals surface area contributed by atoms with E-state index < -0.39 is 12.0 Å². The summed E-state index contributed by atoms with van der Waals surface area (Å²) >= 11 is 5.80. The fraction of sp³-hybridized carbons (Fsp3) is 0.500. The summed E-state index contributed by atoms with van der Waals surface area (Å²) in [6, 6.07) is 6.10. The molecule has 126 valence electrons. The zero-order valence-electron chi connectivity index (χ0n) is 13.2. The Morgan fingerprint density at radius 1 is 1.26 bits per heavy atom. The number of benzene rings is 1. The Morgan fingerprint density at radius 2 is 1.96 bits per heavy atom. The van der Waals surface area contributed by atoms with E-state index in [1.807, 2.05) is 0 Å². The molecule has 2 rings (SSSR count). The number of nitrogens with zero attached hydrogens (tertiary/aromatic N) is 1. The molecule has 23 heavy (non-hydrogen) atoms. The number of amides is 1. The lowest BCUT2D eigenvalue weighted by atomic mass is 9.99. The third kappa shape index (κ3) is 4.59. The molecule has 1 aliphatic heterocycles. The summed E-state index contributed by atoms with van der Waals surface area (Å²) in [5.74, 6) is -0.152. The predicted molar refractivity (Wildman–Crippen MR) is 84.5 cm³/mol. The number of hydrogen-bond acceptors (Lipinski definition) is 5. The molecule has 0 saturated carbocycles. The van der Waals surface area contributed by atoms with Crippen LogP contribution in [0.4, 0.5) is 0 Å². The summed E-state index contributed by atoms with van der Waals surface area (Å²) in [6.45, 7) is 0.286. The third-order valence-electron chi connectivity index (χ3n) is 3.86. The van der Waals surface area contributed by atoms with Crippen molar-refractivity contribution in [1.29, 1.82) is 0 Å². The van der Waals surface area contributed by atoms with Crippen molar-refractivity contribution in [3.63, 3.8) is 0 Å². The summed E-state index contributed by atoms with van der Waals surface area (Å²) in [6.07, 6.45) is 1.05. The molecule has 2 atom stereocenters. The maximum Gasteiger partial charge on any atom is 0.328 e. The Balaban J connectivity index is 1.98. The van der Waals surface area contributed by atoms with Gasteiger partial charge in [0.1, 0.15) is 11.8 Å². The SMILES string of the molecule is COC(=O)C1CC(OC)CCN1C(=O)COc1ccc(Cl)cc1. The molecule has 1 aliphatic rings. The average molecular weight is 342 g/mol. The lowest BCUT2D eigenvalue weighted by Gasteiger charge is -2.37. The molecule has 1 saturated heterocycles. The molecule has 1 amide bonds. The molecule has 1 heterocycles. The van der Waals surface area contributed by atoms with Crippen LogP contribution in [-0.2, 0) is 19.1 Å². The molecular weight excluding hydrogens is 322 g/mol. The van der Waals surface area contributed by atoms with Gasteiger partial charge in [0.25, 0.3) is 5.91 Å². The second-order valence-corrected chi connectivity index (χ2v) is 5.69. The van der Waals surface area contributed by atoms with Gasteiger partial charge >= 0.3 is 5.97 Å². The van der Waals surface area contributed by atoms with Gasteiger partial charge in [-0.15, -0.1) is 0 Å². The van der Waals surface area contributed by atoms with E-state index in [0.29, 0.717) is 30.2 Å². The molecule has 6 nitrogen and oxygen atoms in total. The zero-order valence-corrected chi connectivity index (χ0v) is 13.9. The van der Waals surface area contributed by atoms with Gasteiger partial charge in [0.2, 0.25) is 0 Å². The number of hydrogen-bond donors (Lipinski definition) is 0. The summed E-state index contributed by atoms with van der Waals surface area (Å²) < 4.78 is 15.5. The maximum absolute atomic E-state index is 12.4. The number of rotatable bonds is 5. The van der Waals surface area contributed by atoms with Gasteiger partial charge in [0, 0.05) is 25.1 Å². The van der Waals surface area contributed by atoms with E-state index in [2.05, 4.69) is 0 Å². The van der Waals surface area contributed by atoms with Crippen LogP contribution in [0.15, 0.2) is 24.3 Å². The van der Waals surface area contributed by atoms with Crippen LogP contribution in [-0.4, -0.2) is 56.3 Å². The molecule has 0 N–H and O–H groups in total. The monoisotopic (exact) mass is 341 g/mol. The predicted octanol–water partition coefficient (Wildman–Crippen LogP) is 1.90. The van der Waals surface area contributed by atoms with Gasteiger partial charge in [-0.25, -0.2) is 4.79 Å². The molecule has 1 fully saturated rings. The molecular formula is C16H20ClNO5. The van der Waals surface area contributed by atoms with Gasteiger partial charge in [-0.2, -0.15) is 0 Å². The Kier molecular flexibility index (Phi) is 6.24. The van der Waals surface area contributed by atoms with Crippen LogP contribution in [0.2, 0.25) is 5.02 Å². The number of carbonyl (C=O) groups is 2. The van der Waals surface area contributed by atoms with Gasteiger partial charge < -0.3 is 19.1 Å². The summed E-state index contributed by atoms with van der Waals surface area (Å²) in [5.41, 5.74) is 0. The molecule has 1 aromatic carbocycles. The third-order valence-corrected chi connectivity index (χ3v) is 4.11. The summed E-state index contributed by atoms with van der Waals surface area (Å²) in [7, 11) is 2.91. The number of carbonyl (C=O) groups excluding carboxylic acids is 2. The van der Waals surface area contributed by atoms with Crippen molar-refractivity contribution >= 4 is 23.5 Å². The van der Waals surface area contributed by atoms with E-state index in [0.717, 1.165) is 0 Å². The van der Waals surface area contributed by atoms with E-state index in [1.54, 1.807) is 31.4 Å². The maximum atomic E-state index is 12.4. The smallest absolute Gasteiger partial charge is 0.328 e. The number of piperidine rings is 1. The van der Waals surface area contributed by atoms with Crippen LogP contribution in [0.25, 0.3) is 0 Å². The van der Waals surface area contributed by atoms with Crippen LogP contribution in [0.1, 0.15) is 12.8 Å². The van der Waals surface area contributed by atoms with Crippen molar-refractivity contribution in [1.82, 2.24) is 4.90 Å². The highest BCUT2D eigenvalue weighted by molar-refractivity contribution is 6.30. The molecule has 0 spiro atoms.